The number of likely N-dealkylation sites (tertiary alicyclic amines) is 1. The number of amides is 3. The van der Waals surface area contributed by atoms with Crippen molar-refractivity contribution in [1.82, 2.24) is 14.7 Å². The van der Waals surface area contributed by atoms with Gasteiger partial charge in [0.2, 0.25) is 17.7 Å². The number of thioether (sulfide) groups is 1. The second-order valence-corrected chi connectivity index (χ2v) is 13.5. The summed E-state index contributed by atoms with van der Waals surface area (Å²) in [6.45, 7) is 12.8. The predicted octanol–water partition coefficient (Wildman–Crippen LogP) is 3.86. The van der Waals surface area contributed by atoms with Crippen molar-refractivity contribution in [3.05, 3.63) is 61.2 Å². The molecule has 3 aliphatic heterocycles. The predicted molar refractivity (Wildman–Crippen MR) is 159 cm³/mol. The molecule has 3 fully saturated rings. The zero-order valence-electron chi connectivity index (χ0n) is 22.9. The van der Waals surface area contributed by atoms with Crippen molar-refractivity contribution < 1.29 is 19.5 Å². The van der Waals surface area contributed by atoms with E-state index in [0.29, 0.717) is 26.1 Å². The lowest BCUT2D eigenvalue weighted by Crippen LogP contribution is -2.57. The SMILES string of the molecule is C=CCN(Cc1ccccc1)C(=O)[C@H]1[C@@H]2SC3(CC2Br)C(C(=O)N(CC=C)C(C)CCC)N(CCO)C(=O)[C@H]13. The van der Waals surface area contributed by atoms with E-state index < -0.39 is 22.6 Å². The second-order valence-electron chi connectivity index (χ2n) is 10.8. The number of β-amino-alcohol motifs (C(OH)–C–C–N with tert-alkyl or cyclic N) is 1. The molecule has 39 heavy (non-hydrogen) atoms. The smallest absolute Gasteiger partial charge is 0.247 e. The van der Waals surface area contributed by atoms with Crippen molar-refractivity contribution in [2.75, 3.05) is 26.2 Å². The number of benzene rings is 1. The van der Waals surface area contributed by atoms with Gasteiger partial charge in [-0.15, -0.1) is 24.9 Å². The second kappa shape index (κ2) is 12.6. The molecule has 0 saturated carbocycles. The minimum absolute atomic E-state index is 0.00639. The topological polar surface area (TPSA) is 81.2 Å². The van der Waals surface area contributed by atoms with Crippen LogP contribution in [0.1, 0.15) is 38.7 Å². The molecule has 4 rings (SSSR count). The van der Waals surface area contributed by atoms with Crippen LogP contribution in [0.25, 0.3) is 0 Å². The van der Waals surface area contributed by atoms with Gasteiger partial charge in [0.1, 0.15) is 6.04 Å². The number of rotatable bonds is 13. The summed E-state index contributed by atoms with van der Waals surface area (Å²) in [6, 6.07) is 9.04. The van der Waals surface area contributed by atoms with E-state index in [1.165, 1.54) is 0 Å². The van der Waals surface area contributed by atoms with E-state index in [0.717, 1.165) is 18.4 Å². The van der Waals surface area contributed by atoms with Gasteiger partial charge in [-0.3, -0.25) is 14.4 Å². The van der Waals surface area contributed by atoms with Gasteiger partial charge in [-0.1, -0.05) is 71.8 Å². The van der Waals surface area contributed by atoms with Gasteiger partial charge in [0.05, 0.1) is 23.2 Å². The molecule has 3 amide bonds. The highest BCUT2D eigenvalue weighted by Gasteiger charge is 2.76. The average Bonchev–Trinajstić information content (AvgIpc) is 3.50. The molecule has 3 heterocycles. The van der Waals surface area contributed by atoms with Gasteiger partial charge in [0.15, 0.2) is 0 Å². The van der Waals surface area contributed by atoms with Gasteiger partial charge in [-0.2, -0.15) is 0 Å². The molecule has 0 aromatic heterocycles. The highest BCUT2D eigenvalue weighted by molar-refractivity contribution is 9.09. The third kappa shape index (κ3) is 5.34. The van der Waals surface area contributed by atoms with Crippen molar-refractivity contribution in [2.24, 2.45) is 11.8 Å². The Morgan fingerprint density at radius 1 is 1.23 bits per heavy atom. The lowest BCUT2D eigenvalue weighted by Gasteiger charge is -2.40. The summed E-state index contributed by atoms with van der Waals surface area (Å²) >= 11 is 5.46. The van der Waals surface area contributed by atoms with Crippen LogP contribution in [-0.4, -0.2) is 90.7 Å². The van der Waals surface area contributed by atoms with Crippen LogP contribution in [-0.2, 0) is 20.9 Å². The summed E-state index contributed by atoms with van der Waals surface area (Å²) in [5.74, 6) is -1.59. The minimum Gasteiger partial charge on any atom is -0.395 e. The minimum atomic E-state index is -0.740. The summed E-state index contributed by atoms with van der Waals surface area (Å²) in [5.41, 5.74) is 1.01. The molecule has 7 atom stereocenters. The number of aliphatic hydroxyl groups excluding tert-OH is 1. The Morgan fingerprint density at radius 3 is 2.54 bits per heavy atom. The first-order valence-electron chi connectivity index (χ1n) is 13.8. The monoisotopic (exact) mass is 617 g/mol. The highest BCUT2D eigenvalue weighted by atomic mass is 79.9. The molecule has 3 saturated heterocycles. The van der Waals surface area contributed by atoms with Gasteiger partial charge in [-0.25, -0.2) is 0 Å². The van der Waals surface area contributed by atoms with Crippen molar-refractivity contribution in [3.63, 3.8) is 0 Å². The standard InChI is InChI=1S/C30H40BrN3O4S/c1-5-11-20(4)33(15-7-3)29(38)26-30-18-22(31)25(39-30)23(24(30)28(37)34(26)16-17-35)27(36)32(14-6-2)19-21-12-9-8-10-13-21/h6-10,12-13,20,22-26,35H,2-3,5,11,14-19H2,1,4H3/t20?,22?,23-,24+,25-,26?,30?/m1/s1. The fourth-order valence-corrected chi connectivity index (χ4v) is 10.4. The molecule has 9 heteroatoms. The first-order valence-corrected chi connectivity index (χ1v) is 15.6. The maximum Gasteiger partial charge on any atom is 0.247 e. The summed E-state index contributed by atoms with van der Waals surface area (Å²) in [7, 11) is 0. The Kier molecular flexibility index (Phi) is 9.65. The maximum absolute atomic E-state index is 14.3. The van der Waals surface area contributed by atoms with Crippen LogP contribution in [0.3, 0.4) is 0 Å². The molecular formula is C30H40BrN3O4S. The molecule has 1 N–H and O–H groups in total. The number of nitrogens with zero attached hydrogens (tertiary/aromatic N) is 3. The van der Waals surface area contributed by atoms with Crippen LogP contribution < -0.4 is 0 Å². The number of hydrogen-bond donors (Lipinski definition) is 1. The van der Waals surface area contributed by atoms with E-state index in [4.69, 9.17) is 0 Å². The number of hydrogen-bond acceptors (Lipinski definition) is 5. The molecule has 1 aromatic rings. The summed E-state index contributed by atoms with van der Waals surface area (Å²) in [6.07, 6.45) is 5.82. The van der Waals surface area contributed by atoms with Crippen molar-refractivity contribution in [2.45, 2.75) is 66.6 Å². The van der Waals surface area contributed by atoms with Crippen LogP contribution in [0.5, 0.6) is 0 Å². The van der Waals surface area contributed by atoms with E-state index in [2.05, 4.69) is 36.0 Å². The summed E-state index contributed by atoms with van der Waals surface area (Å²) in [4.78, 5) is 47.8. The zero-order valence-corrected chi connectivity index (χ0v) is 25.3. The molecule has 0 radical (unpaired) electrons. The summed E-state index contributed by atoms with van der Waals surface area (Å²) in [5, 5.41) is 9.80. The van der Waals surface area contributed by atoms with Crippen LogP contribution in [0.4, 0.5) is 0 Å². The Morgan fingerprint density at radius 2 is 1.92 bits per heavy atom. The van der Waals surface area contributed by atoms with Crippen LogP contribution in [0.2, 0.25) is 0 Å². The van der Waals surface area contributed by atoms with E-state index in [9.17, 15) is 19.5 Å². The maximum atomic E-state index is 14.3. The van der Waals surface area contributed by atoms with Crippen molar-refractivity contribution in [1.29, 1.82) is 0 Å². The molecule has 2 bridgehead atoms. The number of halogens is 1. The average molecular weight is 619 g/mol. The van der Waals surface area contributed by atoms with Gasteiger partial charge in [0, 0.05) is 42.3 Å². The van der Waals surface area contributed by atoms with E-state index in [1.54, 1.807) is 33.7 Å². The van der Waals surface area contributed by atoms with Gasteiger partial charge in [-0.05, 0) is 25.3 Å². The zero-order chi connectivity index (χ0) is 28.3. The van der Waals surface area contributed by atoms with Gasteiger partial charge in [0.25, 0.3) is 0 Å². The molecular weight excluding hydrogens is 578 g/mol. The lowest BCUT2D eigenvalue weighted by molar-refractivity contribution is -0.145. The highest BCUT2D eigenvalue weighted by Crippen LogP contribution is 2.68. The molecule has 0 aliphatic carbocycles. The van der Waals surface area contributed by atoms with Crippen LogP contribution >= 0.6 is 27.7 Å². The van der Waals surface area contributed by atoms with Crippen molar-refractivity contribution in [3.8, 4) is 0 Å². The number of carbonyl (C=O) groups is 3. The quantitative estimate of drug-likeness (QED) is 0.268. The van der Waals surface area contributed by atoms with Crippen LogP contribution in [0.15, 0.2) is 55.6 Å². The Balaban J connectivity index is 1.72. The first-order chi connectivity index (χ1) is 18.7. The van der Waals surface area contributed by atoms with Gasteiger partial charge >= 0.3 is 0 Å². The number of alkyl halides is 1. The molecule has 3 aliphatic rings. The number of carbonyl (C=O) groups excluding carboxylic acids is 3. The van der Waals surface area contributed by atoms with Gasteiger partial charge < -0.3 is 19.8 Å². The van der Waals surface area contributed by atoms with Crippen LogP contribution in [0, 0.1) is 11.8 Å². The molecule has 1 aromatic carbocycles. The molecule has 212 valence electrons. The van der Waals surface area contributed by atoms with E-state index >= 15 is 0 Å². The normalized spacial score (nSPS) is 29.7. The van der Waals surface area contributed by atoms with E-state index in [1.807, 2.05) is 42.2 Å². The first kappa shape index (κ1) is 29.9. The number of fused-ring (bicyclic) bond motifs is 1. The Hall–Kier alpha value is -2.10. The lowest BCUT2D eigenvalue weighted by atomic mass is 9.70. The largest absolute Gasteiger partial charge is 0.395 e. The fraction of sp³-hybridized carbons (Fsp3) is 0.567. The molecule has 7 nitrogen and oxygen atoms in total. The Labute approximate surface area is 244 Å². The molecule has 1 spiro atoms. The fourth-order valence-electron chi connectivity index (χ4n) is 6.80. The van der Waals surface area contributed by atoms with E-state index in [-0.39, 0.29) is 47.0 Å². The third-order valence-electron chi connectivity index (χ3n) is 8.37. The number of aliphatic hydroxyl groups is 1. The summed E-state index contributed by atoms with van der Waals surface area (Å²) < 4.78 is -0.736. The third-order valence-corrected chi connectivity index (χ3v) is 11.6. The Bertz CT molecular complexity index is 1090. The molecule has 4 unspecified atom stereocenters. The van der Waals surface area contributed by atoms with Crippen molar-refractivity contribution >= 4 is 45.4 Å².